The van der Waals surface area contributed by atoms with Crippen molar-refractivity contribution in [1.82, 2.24) is 20.4 Å². The van der Waals surface area contributed by atoms with Gasteiger partial charge in [0.25, 0.3) is 11.8 Å². The first-order valence-corrected chi connectivity index (χ1v) is 12.1. The molecular weight excluding hydrogens is 469 g/mol. The number of amides is 2. The summed E-state index contributed by atoms with van der Waals surface area (Å²) in [6.07, 6.45) is 0. The molecule has 5 rings (SSSR count). The van der Waals surface area contributed by atoms with Gasteiger partial charge in [0.15, 0.2) is 5.82 Å². The average Bonchev–Trinajstić information content (AvgIpc) is 3.47. The van der Waals surface area contributed by atoms with Crippen molar-refractivity contribution >= 4 is 39.2 Å². The zero-order chi connectivity index (χ0) is 24.2. The van der Waals surface area contributed by atoms with Crippen LogP contribution in [-0.2, 0) is 4.74 Å². The number of anilines is 1. The maximum atomic E-state index is 13.2. The molecule has 2 amide bonds. The molecule has 1 saturated heterocycles. The SMILES string of the molecule is O=C(Nc1n[nH]c2sc(C(=O)N[C@H](CN3CCOCC3)c3ccccc3)cc12)c1ccc(F)cc1. The molecule has 4 aromatic rings. The predicted octanol–water partition coefficient (Wildman–Crippen LogP) is 3.82. The highest BCUT2D eigenvalue weighted by Crippen LogP contribution is 2.30. The van der Waals surface area contributed by atoms with Gasteiger partial charge in [-0.3, -0.25) is 19.6 Å². The van der Waals surface area contributed by atoms with Crippen LogP contribution in [0.3, 0.4) is 0 Å². The van der Waals surface area contributed by atoms with E-state index >= 15 is 0 Å². The van der Waals surface area contributed by atoms with E-state index in [9.17, 15) is 14.0 Å². The molecule has 0 spiro atoms. The maximum absolute atomic E-state index is 13.2. The molecule has 0 bridgehead atoms. The normalized spacial score (nSPS) is 15.1. The summed E-state index contributed by atoms with van der Waals surface area (Å²) in [6, 6.07) is 16.7. The Balaban J connectivity index is 1.32. The minimum atomic E-state index is -0.417. The Hall–Kier alpha value is -3.60. The third kappa shape index (κ3) is 5.40. The second-order valence-corrected chi connectivity index (χ2v) is 9.29. The van der Waals surface area contributed by atoms with E-state index in [0.29, 0.717) is 46.2 Å². The van der Waals surface area contributed by atoms with Gasteiger partial charge >= 0.3 is 0 Å². The molecule has 0 aliphatic carbocycles. The number of carbonyl (C=O) groups is 2. The lowest BCUT2D eigenvalue weighted by molar-refractivity contribution is 0.0332. The molecule has 0 saturated carbocycles. The fourth-order valence-corrected chi connectivity index (χ4v) is 4.90. The van der Waals surface area contributed by atoms with E-state index in [-0.39, 0.29) is 11.9 Å². The van der Waals surface area contributed by atoms with E-state index in [1.807, 2.05) is 30.3 Å². The molecule has 180 valence electrons. The largest absolute Gasteiger partial charge is 0.379 e. The fourth-order valence-electron chi connectivity index (χ4n) is 4.00. The number of H-pyrrole nitrogens is 1. The maximum Gasteiger partial charge on any atom is 0.261 e. The number of rotatable bonds is 7. The van der Waals surface area contributed by atoms with Gasteiger partial charge < -0.3 is 15.4 Å². The summed E-state index contributed by atoms with van der Waals surface area (Å²) in [4.78, 5) is 29.2. The standard InChI is InChI=1S/C25H24FN5O3S/c26-18-8-6-17(7-9-18)23(32)28-22-19-14-21(35-25(19)30-29-22)24(33)27-20(16-4-2-1-3-5-16)15-31-10-12-34-13-11-31/h1-9,14,20H,10-13,15H2,(H,27,33)(H2,28,29,30,32)/t20-/m1/s1. The monoisotopic (exact) mass is 493 g/mol. The van der Waals surface area contributed by atoms with Gasteiger partial charge in [-0.15, -0.1) is 11.3 Å². The molecule has 1 atom stereocenters. The fraction of sp³-hybridized carbons (Fsp3) is 0.240. The number of nitrogens with zero attached hydrogens (tertiary/aromatic N) is 2. The van der Waals surface area contributed by atoms with Crippen molar-refractivity contribution in [2.24, 2.45) is 0 Å². The highest BCUT2D eigenvalue weighted by atomic mass is 32.1. The third-order valence-corrected chi connectivity index (χ3v) is 6.91. The Labute approximate surface area is 205 Å². The highest BCUT2D eigenvalue weighted by Gasteiger charge is 2.23. The van der Waals surface area contributed by atoms with E-state index in [4.69, 9.17) is 4.74 Å². The minimum absolute atomic E-state index is 0.182. The van der Waals surface area contributed by atoms with Crippen molar-refractivity contribution in [3.8, 4) is 0 Å². The van der Waals surface area contributed by atoms with Crippen LogP contribution in [-0.4, -0.2) is 59.8 Å². The van der Waals surface area contributed by atoms with Gasteiger partial charge in [-0.05, 0) is 35.9 Å². The Morgan fingerprint density at radius 3 is 2.57 bits per heavy atom. The second-order valence-electron chi connectivity index (χ2n) is 8.24. The van der Waals surface area contributed by atoms with Crippen LogP contribution in [0.4, 0.5) is 10.2 Å². The molecule has 1 aliphatic heterocycles. The van der Waals surface area contributed by atoms with Gasteiger partial charge in [0.2, 0.25) is 0 Å². The number of halogens is 1. The number of carbonyl (C=O) groups excluding carboxylic acids is 2. The van der Waals surface area contributed by atoms with Crippen molar-refractivity contribution in [3.63, 3.8) is 0 Å². The van der Waals surface area contributed by atoms with E-state index < -0.39 is 11.7 Å². The van der Waals surface area contributed by atoms with Gasteiger partial charge in [-0.1, -0.05) is 30.3 Å². The zero-order valence-electron chi connectivity index (χ0n) is 18.8. The van der Waals surface area contributed by atoms with E-state index in [0.717, 1.165) is 18.7 Å². The highest BCUT2D eigenvalue weighted by molar-refractivity contribution is 7.20. The van der Waals surface area contributed by atoms with Gasteiger partial charge in [0, 0.05) is 25.2 Å². The van der Waals surface area contributed by atoms with Gasteiger partial charge in [-0.25, -0.2) is 4.39 Å². The topological polar surface area (TPSA) is 99.3 Å². The van der Waals surface area contributed by atoms with Crippen LogP contribution in [0.25, 0.3) is 10.2 Å². The quantitative estimate of drug-likeness (QED) is 0.364. The third-order valence-electron chi connectivity index (χ3n) is 5.87. The molecule has 3 heterocycles. The smallest absolute Gasteiger partial charge is 0.261 e. The number of aromatic nitrogens is 2. The number of ether oxygens (including phenoxy) is 1. The average molecular weight is 494 g/mol. The summed E-state index contributed by atoms with van der Waals surface area (Å²) >= 11 is 1.27. The number of hydrogen-bond acceptors (Lipinski definition) is 6. The lowest BCUT2D eigenvalue weighted by Crippen LogP contribution is -2.43. The second kappa shape index (κ2) is 10.3. The summed E-state index contributed by atoms with van der Waals surface area (Å²) in [6.45, 7) is 3.70. The molecule has 2 aromatic heterocycles. The summed E-state index contributed by atoms with van der Waals surface area (Å²) in [5, 5.41) is 13.6. The zero-order valence-corrected chi connectivity index (χ0v) is 19.6. The van der Waals surface area contributed by atoms with Crippen LogP contribution in [0.5, 0.6) is 0 Å². The molecule has 2 aromatic carbocycles. The number of morpholine rings is 1. The molecule has 35 heavy (non-hydrogen) atoms. The lowest BCUT2D eigenvalue weighted by atomic mass is 10.1. The molecule has 10 heteroatoms. The van der Waals surface area contributed by atoms with Crippen LogP contribution >= 0.6 is 11.3 Å². The first-order valence-electron chi connectivity index (χ1n) is 11.3. The number of benzene rings is 2. The Morgan fingerprint density at radius 1 is 1.09 bits per heavy atom. The van der Waals surface area contributed by atoms with Crippen LogP contribution in [0, 0.1) is 5.82 Å². The predicted molar refractivity (Wildman–Crippen MR) is 132 cm³/mol. The van der Waals surface area contributed by atoms with E-state index in [2.05, 4.69) is 25.7 Å². The lowest BCUT2D eigenvalue weighted by Gasteiger charge is -2.31. The molecule has 0 unspecified atom stereocenters. The molecule has 0 radical (unpaired) electrons. The van der Waals surface area contributed by atoms with Crippen LogP contribution in [0.15, 0.2) is 60.7 Å². The summed E-state index contributed by atoms with van der Waals surface area (Å²) in [7, 11) is 0. The summed E-state index contributed by atoms with van der Waals surface area (Å²) in [5.74, 6) is -0.708. The Kier molecular flexibility index (Phi) is 6.84. The molecule has 8 nitrogen and oxygen atoms in total. The van der Waals surface area contributed by atoms with Crippen molar-refractivity contribution in [2.75, 3.05) is 38.2 Å². The van der Waals surface area contributed by atoms with Crippen LogP contribution in [0.1, 0.15) is 31.6 Å². The Morgan fingerprint density at radius 2 is 1.83 bits per heavy atom. The summed E-state index contributed by atoms with van der Waals surface area (Å²) in [5.41, 5.74) is 1.34. The first-order chi connectivity index (χ1) is 17.1. The van der Waals surface area contributed by atoms with E-state index in [1.54, 1.807) is 6.07 Å². The number of hydrogen-bond donors (Lipinski definition) is 3. The number of nitrogens with one attached hydrogen (secondary N) is 3. The van der Waals surface area contributed by atoms with Gasteiger partial charge in [-0.2, -0.15) is 5.10 Å². The van der Waals surface area contributed by atoms with Crippen molar-refractivity contribution < 1.29 is 18.7 Å². The van der Waals surface area contributed by atoms with Crippen molar-refractivity contribution in [2.45, 2.75) is 6.04 Å². The van der Waals surface area contributed by atoms with Crippen LogP contribution < -0.4 is 10.6 Å². The molecule has 1 aliphatic rings. The molecule has 1 fully saturated rings. The van der Waals surface area contributed by atoms with Crippen molar-refractivity contribution in [1.29, 1.82) is 0 Å². The van der Waals surface area contributed by atoms with Crippen molar-refractivity contribution in [3.05, 3.63) is 82.5 Å². The Bertz CT molecular complexity index is 1320. The van der Waals surface area contributed by atoms with Gasteiger partial charge in [0.1, 0.15) is 10.6 Å². The number of aromatic amines is 1. The van der Waals surface area contributed by atoms with E-state index in [1.165, 1.54) is 35.6 Å². The number of fused-ring (bicyclic) bond motifs is 1. The van der Waals surface area contributed by atoms with Crippen LogP contribution in [0.2, 0.25) is 0 Å². The molecular formula is C25H24FN5O3S. The summed E-state index contributed by atoms with van der Waals surface area (Å²) < 4.78 is 18.6. The first kappa shape index (κ1) is 23.2. The van der Waals surface area contributed by atoms with Gasteiger partial charge in [0.05, 0.1) is 29.5 Å². The number of thiophene rings is 1. The molecule has 3 N–H and O–H groups in total. The minimum Gasteiger partial charge on any atom is -0.379 e.